The zero-order chi connectivity index (χ0) is 12.8. The summed E-state index contributed by atoms with van der Waals surface area (Å²) in [4.78, 5) is 11.3. The minimum absolute atomic E-state index is 0.0625. The number of carboxylic acids is 1. The summed E-state index contributed by atoms with van der Waals surface area (Å²) in [5, 5.41) is 9.14. The fourth-order valence-corrected chi connectivity index (χ4v) is 4.42. The molecule has 1 aromatic rings. The maximum Gasteiger partial charge on any atom is 0.325 e. The zero-order valence-electron chi connectivity index (χ0n) is 9.05. The lowest BCUT2D eigenvalue weighted by Gasteiger charge is -2.12. The molecule has 1 saturated carbocycles. The number of sulfone groups is 1. The number of rotatable bonds is 3. The van der Waals surface area contributed by atoms with Crippen molar-refractivity contribution in [2.45, 2.75) is 23.0 Å². The van der Waals surface area contributed by atoms with E-state index in [1.165, 1.54) is 12.1 Å². The Bertz CT molecular complexity index is 564. The molecule has 92 valence electrons. The number of benzene rings is 1. The van der Waals surface area contributed by atoms with Gasteiger partial charge in [-0.3, -0.25) is 4.79 Å². The summed E-state index contributed by atoms with van der Waals surface area (Å²) >= 11 is 3.21. The van der Waals surface area contributed by atoms with Crippen molar-refractivity contribution in [2.75, 3.05) is 0 Å². The molecule has 2 rings (SSSR count). The predicted octanol–water partition coefficient (Wildman–Crippen LogP) is 2.09. The van der Waals surface area contributed by atoms with Crippen molar-refractivity contribution >= 4 is 31.7 Å². The molecule has 4 nitrogen and oxygen atoms in total. The quantitative estimate of drug-likeness (QED) is 0.926. The molecule has 0 spiro atoms. The summed E-state index contributed by atoms with van der Waals surface area (Å²) in [6.07, 6.45) is 0.181. The maximum atomic E-state index is 12.3. The van der Waals surface area contributed by atoms with Crippen LogP contribution in [-0.2, 0) is 14.6 Å². The van der Waals surface area contributed by atoms with Crippen LogP contribution in [0.5, 0.6) is 0 Å². The Morgan fingerprint density at radius 1 is 1.41 bits per heavy atom. The van der Waals surface area contributed by atoms with E-state index in [4.69, 9.17) is 5.11 Å². The highest BCUT2D eigenvalue weighted by Crippen LogP contribution is 2.52. The van der Waals surface area contributed by atoms with E-state index in [0.29, 0.717) is 0 Å². The van der Waals surface area contributed by atoms with Crippen LogP contribution in [-0.4, -0.2) is 24.2 Å². The smallest absolute Gasteiger partial charge is 0.325 e. The van der Waals surface area contributed by atoms with Crippen LogP contribution in [0.4, 0.5) is 0 Å². The van der Waals surface area contributed by atoms with Crippen molar-refractivity contribution in [1.82, 2.24) is 0 Å². The minimum atomic E-state index is -3.81. The van der Waals surface area contributed by atoms with E-state index in [9.17, 15) is 13.2 Å². The van der Waals surface area contributed by atoms with Gasteiger partial charge < -0.3 is 5.11 Å². The van der Waals surface area contributed by atoms with Crippen LogP contribution in [0.1, 0.15) is 13.3 Å². The second-order valence-electron chi connectivity index (χ2n) is 4.26. The van der Waals surface area contributed by atoms with Gasteiger partial charge in [-0.25, -0.2) is 8.42 Å². The van der Waals surface area contributed by atoms with Crippen LogP contribution in [0.15, 0.2) is 33.6 Å². The zero-order valence-corrected chi connectivity index (χ0v) is 11.5. The minimum Gasteiger partial charge on any atom is -0.480 e. The molecule has 2 unspecified atom stereocenters. The molecule has 1 aliphatic rings. The molecular formula is C11H11BrO4S. The summed E-state index contributed by atoms with van der Waals surface area (Å²) in [5.74, 6) is -1.60. The Morgan fingerprint density at radius 2 is 1.88 bits per heavy atom. The number of aliphatic carboxylic acids is 1. The predicted molar refractivity (Wildman–Crippen MR) is 65.5 cm³/mol. The van der Waals surface area contributed by atoms with Crippen molar-refractivity contribution in [1.29, 1.82) is 0 Å². The van der Waals surface area contributed by atoms with Crippen molar-refractivity contribution in [2.24, 2.45) is 5.92 Å². The second-order valence-corrected chi connectivity index (χ2v) is 7.38. The van der Waals surface area contributed by atoms with Gasteiger partial charge in [0.1, 0.15) is 0 Å². The van der Waals surface area contributed by atoms with E-state index in [1.54, 1.807) is 19.1 Å². The Balaban J connectivity index is 2.51. The van der Waals surface area contributed by atoms with Crippen LogP contribution < -0.4 is 0 Å². The molecule has 0 saturated heterocycles. The highest BCUT2D eigenvalue weighted by molar-refractivity contribution is 9.10. The van der Waals surface area contributed by atoms with Crippen LogP contribution >= 0.6 is 15.9 Å². The van der Waals surface area contributed by atoms with Crippen molar-refractivity contribution in [3.63, 3.8) is 0 Å². The largest absolute Gasteiger partial charge is 0.480 e. The average Bonchev–Trinajstić information content (AvgIpc) is 2.93. The lowest BCUT2D eigenvalue weighted by Crippen LogP contribution is -2.34. The van der Waals surface area contributed by atoms with E-state index < -0.39 is 20.6 Å². The maximum absolute atomic E-state index is 12.3. The average molecular weight is 319 g/mol. The highest BCUT2D eigenvalue weighted by atomic mass is 79.9. The summed E-state index contributed by atoms with van der Waals surface area (Å²) < 4.78 is 23.7. The van der Waals surface area contributed by atoms with Gasteiger partial charge in [0.2, 0.25) is 0 Å². The van der Waals surface area contributed by atoms with Gasteiger partial charge in [0.25, 0.3) is 0 Å². The fraction of sp³-hybridized carbons (Fsp3) is 0.364. The third kappa shape index (κ3) is 1.70. The molecule has 0 aromatic heterocycles. The van der Waals surface area contributed by atoms with E-state index in [0.717, 1.165) is 4.47 Å². The van der Waals surface area contributed by atoms with Crippen LogP contribution in [0, 0.1) is 5.92 Å². The lowest BCUT2D eigenvalue weighted by atomic mass is 10.3. The Morgan fingerprint density at radius 3 is 2.24 bits per heavy atom. The molecule has 1 aliphatic carbocycles. The number of carboxylic acid groups (broad SMARTS) is 1. The first-order chi connectivity index (χ1) is 7.82. The Kier molecular flexibility index (Phi) is 2.82. The standard InChI is InChI=1S/C11H11BrO4S/c1-7-6-11(7,10(13)14)17(15,16)9-4-2-8(12)3-5-9/h2-5,7H,6H2,1H3,(H,13,14). The Labute approximate surface area is 108 Å². The van der Waals surface area contributed by atoms with Gasteiger partial charge in [-0.2, -0.15) is 0 Å². The highest BCUT2D eigenvalue weighted by Gasteiger charge is 2.67. The monoisotopic (exact) mass is 318 g/mol. The lowest BCUT2D eigenvalue weighted by molar-refractivity contribution is -0.137. The van der Waals surface area contributed by atoms with Gasteiger partial charge in [-0.15, -0.1) is 0 Å². The number of carbonyl (C=O) groups is 1. The van der Waals surface area contributed by atoms with Gasteiger partial charge >= 0.3 is 5.97 Å². The number of hydrogen-bond acceptors (Lipinski definition) is 3. The Hall–Kier alpha value is -0.880. The van der Waals surface area contributed by atoms with Gasteiger partial charge in [-0.1, -0.05) is 22.9 Å². The molecule has 0 aliphatic heterocycles. The summed E-state index contributed by atoms with van der Waals surface area (Å²) in [7, 11) is -3.81. The third-order valence-electron chi connectivity index (χ3n) is 3.21. The van der Waals surface area contributed by atoms with Crippen molar-refractivity contribution in [3.8, 4) is 0 Å². The van der Waals surface area contributed by atoms with E-state index in [1.807, 2.05) is 0 Å². The number of hydrogen-bond donors (Lipinski definition) is 1. The fourth-order valence-electron chi connectivity index (χ4n) is 2.01. The molecule has 1 fully saturated rings. The molecule has 17 heavy (non-hydrogen) atoms. The molecule has 1 N–H and O–H groups in total. The first-order valence-electron chi connectivity index (χ1n) is 5.06. The molecule has 6 heteroatoms. The topological polar surface area (TPSA) is 71.4 Å². The van der Waals surface area contributed by atoms with Crippen molar-refractivity contribution < 1.29 is 18.3 Å². The summed E-state index contributed by atoms with van der Waals surface area (Å²) in [6, 6.07) is 6.04. The molecule has 1 aromatic carbocycles. The van der Waals surface area contributed by atoms with Crippen molar-refractivity contribution in [3.05, 3.63) is 28.7 Å². The second kappa shape index (κ2) is 3.81. The van der Waals surface area contributed by atoms with E-state index in [-0.39, 0.29) is 17.2 Å². The third-order valence-corrected chi connectivity index (χ3v) is 6.33. The molecule has 0 heterocycles. The van der Waals surface area contributed by atoms with E-state index >= 15 is 0 Å². The molecule has 2 atom stereocenters. The summed E-state index contributed by atoms with van der Waals surface area (Å²) in [5.41, 5.74) is 0. The number of halogens is 1. The first kappa shape index (κ1) is 12.6. The van der Waals surface area contributed by atoms with Gasteiger partial charge in [-0.05, 0) is 36.6 Å². The first-order valence-corrected chi connectivity index (χ1v) is 7.33. The normalized spacial score (nSPS) is 27.8. The van der Waals surface area contributed by atoms with Crippen LogP contribution in [0.25, 0.3) is 0 Å². The van der Waals surface area contributed by atoms with Crippen LogP contribution in [0.2, 0.25) is 0 Å². The van der Waals surface area contributed by atoms with Gasteiger partial charge in [0.15, 0.2) is 14.6 Å². The summed E-state index contributed by atoms with van der Waals surface area (Å²) in [6.45, 7) is 1.64. The SMILES string of the molecule is CC1CC1(C(=O)O)S(=O)(=O)c1ccc(Br)cc1. The molecule has 0 radical (unpaired) electrons. The van der Waals surface area contributed by atoms with E-state index in [2.05, 4.69) is 15.9 Å². The molecular weight excluding hydrogens is 308 g/mol. The molecule has 0 amide bonds. The van der Waals surface area contributed by atoms with Crippen LogP contribution in [0.3, 0.4) is 0 Å². The van der Waals surface area contributed by atoms with Gasteiger partial charge in [0, 0.05) is 4.47 Å². The molecule has 0 bridgehead atoms. The van der Waals surface area contributed by atoms with Gasteiger partial charge in [0.05, 0.1) is 4.90 Å².